The summed E-state index contributed by atoms with van der Waals surface area (Å²) in [4.78, 5) is 23.9. The highest BCUT2D eigenvalue weighted by Crippen LogP contribution is 2.29. The predicted molar refractivity (Wildman–Crippen MR) is 62.6 cm³/mol. The lowest BCUT2D eigenvalue weighted by molar-refractivity contribution is -0.112. The van der Waals surface area contributed by atoms with Crippen LogP contribution >= 0.6 is 0 Å². The molecule has 0 saturated carbocycles. The molecule has 1 amide bonds. The molecule has 1 heterocycles. The molecule has 0 aromatic rings. The fourth-order valence-corrected chi connectivity index (χ4v) is 1.77. The van der Waals surface area contributed by atoms with E-state index in [-0.39, 0.29) is 6.10 Å². The van der Waals surface area contributed by atoms with E-state index in [1.54, 1.807) is 13.8 Å². The number of hydrogen-bond donors (Lipinski definition) is 0. The maximum absolute atomic E-state index is 12.0. The van der Waals surface area contributed by atoms with E-state index in [4.69, 9.17) is 9.47 Å². The molecule has 5 nitrogen and oxygen atoms in total. The third kappa shape index (κ3) is 3.70. The first kappa shape index (κ1) is 14.0. The molecular formula is C12H21NO4. The van der Waals surface area contributed by atoms with Gasteiger partial charge in [0.2, 0.25) is 0 Å². The van der Waals surface area contributed by atoms with Crippen molar-refractivity contribution in [2.45, 2.75) is 58.5 Å². The third-order valence-electron chi connectivity index (χ3n) is 2.46. The van der Waals surface area contributed by atoms with Crippen molar-refractivity contribution in [3.63, 3.8) is 0 Å². The van der Waals surface area contributed by atoms with Gasteiger partial charge < -0.3 is 14.3 Å². The Labute approximate surface area is 102 Å². The van der Waals surface area contributed by atoms with E-state index in [0.717, 1.165) is 6.29 Å². The Balaban J connectivity index is 2.70. The minimum Gasteiger partial charge on any atom is -0.444 e. The van der Waals surface area contributed by atoms with E-state index in [1.165, 1.54) is 4.90 Å². The third-order valence-corrected chi connectivity index (χ3v) is 2.46. The Morgan fingerprint density at radius 2 is 2.12 bits per heavy atom. The number of carbonyl (C=O) groups is 2. The summed E-state index contributed by atoms with van der Waals surface area (Å²) in [5, 5.41) is 0. The second kappa shape index (κ2) is 4.64. The summed E-state index contributed by atoms with van der Waals surface area (Å²) in [5.74, 6) is 0. The number of carbonyl (C=O) groups excluding carboxylic acids is 2. The Morgan fingerprint density at radius 1 is 1.53 bits per heavy atom. The lowest BCUT2D eigenvalue weighted by Gasteiger charge is -2.31. The van der Waals surface area contributed by atoms with Gasteiger partial charge in [-0.3, -0.25) is 4.90 Å². The molecule has 0 radical (unpaired) electrons. The highest BCUT2D eigenvalue weighted by molar-refractivity contribution is 5.69. The number of nitrogens with zero attached hydrogens (tertiary/aromatic N) is 1. The summed E-state index contributed by atoms with van der Waals surface area (Å²) in [5.41, 5.74) is -1.26. The van der Waals surface area contributed by atoms with E-state index >= 15 is 0 Å². The first-order valence-corrected chi connectivity index (χ1v) is 5.78. The molecule has 0 N–H and O–H groups in total. The van der Waals surface area contributed by atoms with Crippen LogP contribution in [0.25, 0.3) is 0 Å². The van der Waals surface area contributed by atoms with Crippen LogP contribution in [0, 0.1) is 0 Å². The van der Waals surface area contributed by atoms with Crippen molar-refractivity contribution in [2.75, 3.05) is 6.54 Å². The van der Waals surface area contributed by atoms with Gasteiger partial charge in [0.15, 0.2) is 0 Å². The molecule has 1 fully saturated rings. The molecular weight excluding hydrogens is 222 g/mol. The first-order valence-electron chi connectivity index (χ1n) is 5.78. The van der Waals surface area contributed by atoms with Crippen molar-refractivity contribution < 1.29 is 19.1 Å². The molecule has 0 aromatic heterocycles. The summed E-state index contributed by atoms with van der Waals surface area (Å²) < 4.78 is 10.9. The van der Waals surface area contributed by atoms with Crippen molar-refractivity contribution in [1.29, 1.82) is 0 Å². The lowest BCUT2D eigenvalue weighted by Crippen LogP contribution is -2.46. The minimum atomic E-state index is -0.726. The number of aldehydes is 1. The molecule has 1 aliphatic rings. The van der Waals surface area contributed by atoms with Crippen molar-refractivity contribution >= 4 is 12.4 Å². The quantitative estimate of drug-likeness (QED) is 0.695. The van der Waals surface area contributed by atoms with Gasteiger partial charge in [-0.25, -0.2) is 4.79 Å². The second-order valence-corrected chi connectivity index (χ2v) is 5.68. The minimum absolute atomic E-state index is 0.241. The second-order valence-electron chi connectivity index (χ2n) is 5.68. The molecule has 1 aliphatic heterocycles. The topological polar surface area (TPSA) is 55.8 Å². The Bertz CT molecular complexity index is 306. The average molecular weight is 243 g/mol. The highest BCUT2D eigenvalue weighted by Gasteiger charge is 2.43. The predicted octanol–water partition coefficient (Wildman–Crippen LogP) is 1.95. The zero-order valence-electron chi connectivity index (χ0n) is 11.1. The van der Waals surface area contributed by atoms with Gasteiger partial charge in [-0.2, -0.15) is 0 Å². The van der Waals surface area contributed by atoms with Crippen LogP contribution in [0.2, 0.25) is 0 Å². The van der Waals surface area contributed by atoms with Crippen molar-refractivity contribution in [2.24, 2.45) is 0 Å². The van der Waals surface area contributed by atoms with E-state index < -0.39 is 17.4 Å². The Morgan fingerprint density at radius 3 is 2.59 bits per heavy atom. The standard InChI is InChI=1S/C12H21NO4/c1-11(2,3)17-10(15)13-8-9(6-7-14)16-12(13,4)5/h7,9H,6,8H2,1-5H3/t9-/m1/s1. The molecule has 0 aromatic carbocycles. The number of hydrogen-bond acceptors (Lipinski definition) is 4. The molecule has 1 atom stereocenters. The summed E-state index contributed by atoms with van der Waals surface area (Å²) in [7, 11) is 0. The fourth-order valence-electron chi connectivity index (χ4n) is 1.77. The van der Waals surface area contributed by atoms with Crippen LogP contribution in [0.3, 0.4) is 0 Å². The molecule has 1 rings (SSSR count). The van der Waals surface area contributed by atoms with E-state index in [9.17, 15) is 9.59 Å². The number of rotatable bonds is 2. The van der Waals surface area contributed by atoms with E-state index in [2.05, 4.69) is 0 Å². The van der Waals surface area contributed by atoms with Crippen molar-refractivity contribution in [3.05, 3.63) is 0 Å². The Kier molecular flexibility index (Phi) is 3.81. The molecule has 17 heavy (non-hydrogen) atoms. The van der Waals surface area contributed by atoms with Gasteiger partial charge in [-0.1, -0.05) is 0 Å². The van der Waals surface area contributed by atoms with Crippen LogP contribution in [0.1, 0.15) is 41.0 Å². The van der Waals surface area contributed by atoms with Crippen LogP contribution in [0.15, 0.2) is 0 Å². The maximum Gasteiger partial charge on any atom is 0.412 e. The van der Waals surface area contributed by atoms with E-state index in [0.29, 0.717) is 13.0 Å². The van der Waals surface area contributed by atoms with Crippen molar-refractivity contribution in [3.8, 4) is 0 Å². The van der Waals surface area contributed by atoms with Gasteiger partial charge in [0.25, 0.3) is 0 Å². The molecule has 1 saturated heterocycles. The van der Waals surface area contributed by atoms with Gasteiger partial charge >= 0.3 is 6.09 Å². The largest absolute Gasteiger partial charge is 0.444 e. The van der Waals surface area contributed by atoms with Crippen LogP contribution < -0.4 is 0 Å². The molecule has 0 unspecified atom stereocenters. The molecule has 0 spiro atoms. The zero-order chi connectivity index (χ0) is 13.3. The zero-order valence-corrected chi connectivity index (χ0v) is 11.1. The summed E-state index contributed by atoms with van der Waals surface area (Å²) in [6.45, 7) is 9.43. The summed E-state index contributed by atoms with van der Waals surface area (Å²) >= 11 is 0. The normalized spacial score (nSPS) is 23.6. The van der Waals surface area contributed by atoms with Crippen LogP contribution in [0.5, 0.6) is 0 Å². The fraction of sp³-hybridized carbons (Fsp3) is 0.833. The smallest absolute Gasteiger partial charge is 0.412 e. The summed E-state index contributed by atoms with van der Waals surface area (Å²) in [6.07, 6.45) is 0.452. The van der Waals surface area contributed by atoms with Crippen molar-refractivity contribution in [1.82, 2.24) is 4.90 Å². The van der Waals surface area contributed by atoms with Gasteiger partial charge in [-0.15, -0.1) is 0 Å². The molecule has 0 bridgehead atoms. The van der Waals surface area contributed by atoms with Gasteiger partial charge in [-0.05, 0) is 34.6 Å². The number of amides is 1. The molecule has 98 valence electrons. The number of ether oxygens (including phenoxy) is 2. The molecule has 0 aliphatic carbocycles. The summed E-state index contributed by atoms with van der Waals surface area (Å²) in [6, 6.07) is 0. The highest BCUT2D eigenvalue weighted by atomic mass is 16.6. The van der Waals surface area contributed by atoms with E-state index in [1.807, 2.05) is 20.8 Å². The van der Waals surface area contributed by atoms with Crippen LogP contribution in [-0.2, 0) is 14.3 Å². The van der Waals surface area contributed by atoms with Crippen LogP contribution in [-0.4, -0.2) is 41.3 Å². The SMILES string of the molecule is CC(C)(C)OC(=O)N1C[C@@H](CC=O)OC1(C)C. The average Bonchev–Trinajstić information content (AvgIpc) is 2.38. The van der Waals surface area contributed by atoms with Gasteiger partial charge in [0.05, 0.1) is 12.6 Å². The monoisotopic (exact) mass is 243 g/mol. The van der Waals surface area contributed by atoms with Gasteiger partial charge in [0.1, 0.15) is 17.6 Å². The Hall–Kier alpha value is -1.10. The first-order chi connectivity index (χ1) is 7.65. The van der Waals surface area contributed by atoms with Gasteiger partial charge in [0, 0.05) is 6.42 Å². The maximum atomic E-state index is 12.0. The molecule has 5 heteroatoms. The van der Waals surface area contributed by atoms with Crippen LogP contribution in [0.4, 0.5) is 4.79 Å². The lowest BCUT2D eigenvalue weighted by atomic mass is 10.2.